The van der Waals surface area contributed by atoms with Gasteiger partial charge in [0, 0.05) is 26.2 Å². The maximum Gasteiger partial charge on any atom is 0.257 e. The number of piperazine rings is 1. The molecule has 26 heavy (non-hydrogen) atoms. The van der Waals surface area contributed by atoms with Gasteiger partial charge in [0.25, 0.3) is 5.91 Å². The number of rotatable bonds is 2. The van der Waals surface area contributed by atoms with Gasteiger partial charge in [0.1, 0.15) is 5.76 Å². The first-order valence-corrected chi connectivity index (χ1v) is 10.2. The molecule has 5 fully saturated rings. The van der Waals surface area contributed by atoms with Crippen molar-refractivity contribution in [1.82, 2.24) is 9.80 Å². The molecule has 5 aliphatic rings. The number of amides is 2. The van der Waals surface area contributed by atoms with E-state index in [2.05, 4.69) is 4.90 Å². The predicted molar refractivity (Wildman–Crippen MR) is 96.5 cm³/mol. The van der Waals surface area contributed by atoms with Gasteiger partial charge in [0.15, 0.2) is 0 Å². The predicted octanol–water partition coefficient (Wildman–Crippen LogP) is 3.09. The van der Waals surface area contributed by atoms with Crippen LogP contribution in [0.3, 0.4) is 0 Å². The average molecular weight is 356 g/mol. The van der Waals surface area contributed by atoms with E-state index < -0.39 is 0 Å². The summed E-state index contributed by atoms with van der Waals surface area (Å²) in [6.07, 6.45) is 8.99. The van der Waals surface area contributed by atoms with Crippen molar-refractivity contribution in [1.29, 1.82) is 0 Å². The molecular formula is C21H28N2O3. The highest BCUT2D eigenvalue weighted by Crippen LogP contribution is 2.60. The van der Waals surface area contributed by atoms with Crippen molar-refractivity contribution in [2.75, 3.05) is 26.2 Å². The lowest BCUT2D eigenvalue weighted by Gasteiger charge is -2.57. The van der Waals surface area contributed by atoms with Crippen LogP contribution in [0.15, 0.2) is 16.7 Å². The van der Waals surface area contributed by atoms with E-state index in [0.29, 0.717) is 43.4 Å². The highest BCUT2D eigenvalue weighted by molar-refractivity contribution is 5.95. The Morgan fingerprint density at radius 2 is 1.50 bits per heavy atom. The first-order valence-electron chi connectivity index (χ1n) is 10.2. The molecule has 4 bridgehead atoms. The van der Waals surface area contributed by atoms with Crippen molar-refractivity contribution in [3.63, 3.8) is 0 Å². The van der Waals surface area contributed by atoms with Gasteiger partial charge in [-0.2, -0.15) is 0 Å². The summed E-state index contributed by atoms with van der Waals surface area (Å²) in [5, 5.41) is 0. The largest absolute Gasteiger partial charge is 0.469 e. The Hall–Kier alpha value is -1.78. The van der Waals surface area contributed by atoms with Crippen LogP contribution in [0.5, 0.6) is 0 Å². The molecule has 4 saturated carbocycles. The quantitative estimate of drug-likeness (QED) is 0.818. The van der Waals surface area contributed by atoms with Crippen LogP contribution in [-0.2, 0) is 4.79 Å². The number of aryl methyl sites for hydroxylation is 1. The number of carbonyl (C=O) groups excluding carboxylic acids is 2. The molecule has 2 amide bonds. The van der Waals surface area contributed by atoms with Crippen LogP contribution in [0, 0.1) is 30.1 Å². The molecule has 5 heteroatoms. The standard InChI is InChI=1S/C21H28N2O3/c1-14-18(2-7-26-14)19(24)22-3-5-23(6-4-22)20(25)21-11-15-8-16(12-21)10-17(9-15)13-21/h2,7,15-17H,3-6,8-13H2,1H3. The van der Waals surface area contributed by atoms with Crippen LogP contribution >= 0.6 is 0 Å². The molecule has 4 aliphatic carbocycles. The van der Waals surface area contributed by atoms with Crippen molar-refractivity contribution in [2.45, 2.75) is 45.4 Å². The van der Waals surface area contributed by atoms with Gasteiger partial charge < -0.3 is 14.2 Å². The second-order valence-electron chi connectivity index (χ2n) is 9.17. The minimum Gasteiger partial charge on any atom is -0.469 e. The van der Waals surface area contributed by atoms with E-state index in [1.807, 2.05) is 11.8 Å². The summed E-state index contributed by atoms with van der Waals surface area (Å²) in [5.41, 5.74) is 0.577. The molecule has 0 spiro atoms. The maximum absolute atomic E-state index is 13.4. The van der Waals surface area contributed by atoms with Crippen molar-refractivity contribution in [2.24, 2.45) is 23.2 Å². The molecule has 1 aromatic rings. The van der Waals surface area contributed by atoms with Gasteiger partial charge in [0.05, 0.1) is 17.2 Å². The number of furan rings is 1. The molecule has 0 unspecified atom stereocenters. The lowest BCUT2D eigenvalue weighted by atomic mass is 9.49. The molecule has 1 aliphatic heterocycles. The third-order valence-corrected chi connectivity index (χ3v) is 7.44. The summed E-state index contributed by atoms with van der Waals surface area (Å²) in [4.78, 5) is 30.0. The van der Waals surface area contributed by atoms with E-state index in [4.69, 9.17) is 4.42 Å². The Morgan fingerprint density at radius 1 is 0.962 bits per heavy atom. The zero-order chi connectivity index (χ0) is 17.9. The van der Waals surface area contributed by atoms with Crippen LogP contribution in [-0.4, -0.2) is 47.8 Å². The van der Waals surface area contributed by atoms with E-state index in [-0.39, 0.29) is 11.3 Å². The normalized spacial score (nSPS) is 35.8. The number of hydrogen-bond donors (Lipinski definition) is 0. The van der Waals surface area contributed by atoms with E-state index in [9.17, 15) is 9.59 Å². The molecule has 0 atom stereocenters. The Bertz CT molecular complexity index is 694. The number of carbonyl (C=O) groups is 2. The SMILES string of the molecule is Cc1occc1C(=O)N1CCN(C(=O)C23CC4CC(CC(C4)C2)C3)CC1. The van der Waals surface area contributed by atoms with Crippen LogP contribution in [0.4, 0.5) is 0 Å². The first-order chi connectivity index (χ1) is 12.5. The first kappa shape index (κ1) is 16.4. The summed E-state index contributed by atoms with van der Waals surface area (Å²) in [6, 6.07) is 1.74. The fourth-order valence-corrected chi connectivity index (χ4v) is 6.60. The van der Waals surface area contributed by atoms with Crippen molar-refractivity contribution < 1.29 is 14.0 Å². The molecular weight excluding hydrogens is 328 g/mol. The third kappa shape index (κ3) is 2.50. The van der Waals surface area contributed by atoms with E-state index in [0.717, 1.165) is 37.0 Å². The highest BCUT2D eigenvalue weighted by Gasteiger charge is 2.55. The van der Waals surface area contributed by atoms with E-state index in [1.165, 1.54) is 19.3 Å². The Labute approximate surface area is 154 Å². The molecule has 1 aromatic heterocycles. The molecule has 140 valence electrons. The van der Waals surface area contributed by atoms with Gasteiger partial charge in [0.2, 0.25) is 5.91 Å². The Kier molecular flexibility index (Phi) is 3.70. The fraction of sp³-hybridized carbons (Fsp3) is 0.714. The van der Waals surface area contributed by atoms with Gasteiger partial charge in [-0.25, -0.2) is 0 Å². The molecule has 6 rings (SSSR count). The Balaban J connectivity index is 1.25. The average Bonchev–Trinajstić information content (AvgIpc) is 3.05. The van der Waals surface area contributed by atoms with Crippen LogP contribution in [0.1, 0.15) is 54.6 Å². The van der Waals surface area contributed by atoms with Crippen molar-refractivity contribution in [3.05, 3.63) is 23.7 Å². The summed E-state index contributed by atoms with van der Waals surface area (Å²) in [6.45, 7) is 4.41. The van der Waals surface area contributed by atoms with Crippen LogP contribution < -0.4 is 0 Å². The van der Waals surface area contributed by atoms with Gasteiger partial charge in [-0.3, -0.25) is 9.59 Å². The lowest BCUT2D eigenvalue weighted by molar-refractivity contribution is -0.159. The van der Waals surface area contributed by atoms with Crippen molar-refractivity contribution >= 4 is 11.8 Å². The molecule has 0 N–H and O–H groups in total. The van der Waals surface area contributed by atoms with E-state index >= 15 is 0 Å². The Morgan fingerprint density at radius 3 is 2.00 bits per heavy atom. The van der Waals surface area contributed by atoms with Gasteiger partial charge in [-0.15, -0.1) is 0 Å². The zero-order valence-electron chi connectivity index (χ0n) is 15.6. The molecule has 5 nitrogen and oxygen atoms in total. The molecule has 0 aromatic carbocycles. The topological polar surface area (TPSA) is 53.8 Å². The second-order valence-corrected chi connectivity index (χ2v) is 9.17. The van der Waals surface area contributed by atoms with Gasteiger partial charge in [-0.05, 0) is 69.3 Å². The molecule has 1 saturated heterocycles. The van der Waals surface area contributed by atoms with Gasteiger partial charge in [-0.1, -0.05) is 0 Å². The summed E-state index contributed by atoms with van der Waals surface area (Å²) >= 11 is 0. The van der Waals surface area contributed by atoms with E-state index in [1.54, 1.807) is 12.3 Å². The number of nitrogens with zero attached hydrogens (tertiary/aromatic N) is 2. The number of hydrogen-bond acceptors (Lipinski definition) is 3. The molecule has 0 radical (unpaired) electrons. The highest BCUT2D eigenvalue weighted by atomic mass is 16.3. The fourth-order valence-electron chi connectivity index (χ4n) is 6.60. The molecule has 2 heterocycles. The van der Waals surface area contributed by atoms with Gasteiger partial charge >= 0.3 is 0 Å². The second kappa shape index (κ2) is 5.86. The monoisotopic (exact) mass is 356 g/mol. The van der Waals surface area contributed by atoms with Crippen molar-refractivity contribution in [3.8, 4) is 0 Å². The van der Waals surface area contributed by atoms with Crippen LogP contribution in [0.2, 0.25) is 0 Å². The van der Waals surface area contributed by atoms with Crippen LogP contribution in [0.25, 0.3) is 0 Å². The zero-order valence-corrected chi connectivity index (χ0v) is 15.6. The smallest absolute Gasteiger partial charge is 0.257 e. The summed E-state index contributed by atoms with van der Waals surface area (Å²) in [7, 11) is 0. The summed E-state index contributed by atoms with van der Waals surface area (Å²) in [5.74, 6) is 3.45. The third-order valence-electron chi connectivity index (χ3n) is 7.44. The minimum absolute atomic E-state index is 0.0261. The maximum atomic E-state index is 13.4. The lowest BCUT2D eigenvalue weighted by Crippen LogP contribution is -2.58. The minimum atomic E-state index is -0.0674. The summed E-state index contributed by atoms with van der Waals surface area (Å²) < 4.78 is 5.26.